The van der Waals surface area contributed by atoms with Crippen molar-refractivity contribution >= 4 is 0 Å². The molecule has 0 spiro atoms. The van der Waals surface area contributed by atoms with E-state index in [1.54, 1.807) is 0 Å². The first kappa shape index (κ1) is 14.0. The number of rotatable bonds is 1. The molecule has 2 unspecified atom stereocenters. The zero-order valence-electron chi connectivity index (χ0n) is 13.3. The summed E-state index contributed by atoms with van der Waals surface area (Å²) in [5.41, 5.74) is 12.3. The molecule has 0 amide bonds. The second kappa shape index (κ2) is 5.22. The molecule has 1 aliphatic carbocycles. The van der Waals surface area contributed by atoms with Crippen molar-refractivity contribution < 1.29 is 0 Å². The molecule has 2 heteroatoms. The summed E-state index contributed by atoms with van der Waals surface area (Å²) in [7, 11) is 0. The highest BCUT2D eigenvalue weighted by Crippen LogP contribution is 2.37. The number of hydrogen-bond donors (Lipinski definition) is 1. The number of benzene rings is 2. The zero-order chi connectivity index (χ0) is 15.2. The molecule has 2 N–H and O–H groups in total. The van der Waals surface area contributed by atoms with Crippen molar-refractivity contribution in [2.45, 2.75) is 44.3 Å². The number of hydrogen-bond acceptors (Lipinski definition) is 2. The van der Waals surface area contributed by atoms with Crippen LogP contribution >= 0.6 is 0 Å². The van der Waals surface area contributed by atoms with Crippen LogP contribution in [0.1, 0.15) is 35.6 Å². The smallest absolute Gasteiger partial charge is 0.0541 e. The first-order valence-corrected chi connectivity index (χ1v) is 8.34. The van der Waals surface area contributed by atoms with Crippen molar-refractivity contribution in [2.24, 2.45) is 5.73 Å². The lowest BCUT2D eigenvalue weighted by Gasteiger charge is -2.47. The summed E-state index contributed by atoms with van der Waals surface area (Å²) in [6.07, 6.45) is 3.45. The maximum Gasteiger partial charge on any atom is 0.0541 e. The maximum atomic E-state index is 6.84. The lowest BCUT2D eigenvalue weighted by molar-refractivity contribution is 0.0972. The van der Waals surface area contributed by atoms with Crippen LogP contribution < -0.4 is 5.73 Å². The SMILES string of the molecule is CC1(N)c2ccccc2CCC1N1CCc2ccccc2C1. The minimum Gasteiger partial charge on any atom is -0.320 e. The molecule has 2 aliphatic rings. The summed E-state index contributed by atoms with van der Waals surface area (Å²) in [6, 6.07) is 18.0. The Hall–Kier alpha value is -1.64. The average molecular weight is 292 g/mol. The molecule has 1 aliphatic heterocycles. The van der Waals surface area contributed by atoms with Crippen LogP contribution in [-0.4, -0.2) is 17.5 Å². The Balaban J connectivity index is 1.65. The third-order valence-corrected chi connectivity index (χ3v) is 5.58. The molecule has 0 saturated carbocycles. The molecule has 114 valence electrons. The van der Waals surface area contributed by atoms with Gasteiger partial charge >= 0.3 is 0 Å². The van der Waals surface area contributed by atoms with Crippen LogP contribution in [0, 0.1) is 0 Å². The fraction of sp³-hybridized carbons (Fsp3) is 0.400. The molecule has 4 rings (SSSR count). The highest BCUT2D eigenvalue weighted by Gasteiger charge is 2.40. The summed E-state index contributed by atoms with van der Waals surface area (Å²) in [6.45, 7) is 4.38. The average Bonchev–Trinajstić information content (AvgIpc) is 2.54. The van der Waals surface area contributed by atoms with E-state index in [4.69, 9.17) is 5.73 Å². The minimum absolute atomic E-state index is 0.263. The van der Waals surface area contributed by atoms with E-state index in [1.807, 2.05) is 0 Å². The van der Waals surface area contributed by atoms with Crippen LogP contribution in [0.3, 0.4) is 0 Å². The largest absolute Gasteiger partial charge is 0.320 e. The summed E-state index contributed by atoms with van der Waals surface area (Å²) < 4.78 is 0. The van der Waals surface area contributed by atoms with E-state index >= 15 is 0 Å². The second-order valence-electron chi connectivity index (χ2n) is 6.98. The Morgan fingerprint density at radius 1 is 0.955 bits per heavy atom. The molecule has 1 heterocycles. The number of aryl methyl sites for hydroxylation is 1. The van der Waals surface area contributed by atoms with Crippen LogP contribution in [0.2, 0.25) is 0 Å². The van der Waals surface area contributed by atoms with Crippen LogP contribution in [0.5, 0.6) is 0 Å². The van der Waals surface area contributed by atoms with Crippen LogP contribution in [0.4, 0.5) is 0 Å². The van der Waals surface area contributed by atoms with Gasteiger partial charge in [-0.1, -0.05) is 48.5 Å². The van der Waals surface area contributed by atoms with E-state index < -0.39 is 0 Å². The number of fused-ring (bicyclic) bond motifs is 2. The van der Waals surface area contributed by atoms with E-state index in [1.165, 1.54) is 22.3 Å². The molecular weight excluding hydrogens is 268 g/mol. The molecule has 2 atom stereocenters. The van der Waals surface area contributed by atoms with Gasteiger partial charge < -0.3 is 5.73 Å². The Labute approximate surface area is 132 Å². The van der Waals surface area contributed by atoms with Crippen molar-refractivity contribution in [1.82, 2.24) is 4.90 Å². The van der Waals surface area contributed by atoms with Gasteiger partial charge in [-0.25, -0.2) is 0 Å². The van der Waals surface area contributed by atoms with Gasteiger partial charge in [0.15, 0.2) is 0 Å². The Kier molecular flexibility index (Phi) is 3.32. The zero-order valence-corrected chi connectivity index (χ0v) is 13.3. The van der Waals surface area contributed by atoms with Crippen LogP contribution in [0.25, 0.3) is 0 Å². The third-order valence-electron chi connectivity index (χ3n) is 5.58. The number of nitrogens with two attached hydrogens (primary N) is 1. The monoisotopic (exact) mass is 292 g/mol. The predicted molar refractivity (Wildman–Crippen MR) is 90.6 cm³/mol. The Morgan fingerprint density at radius 3 is 2.45 bits per heavy atom. The predicted octanol–water partition coefficient (Wildman–Crippen LogP) is 3.23. The third kappa shape index (κ3) is 2.18. The molecule has 0 aromatic heterocycles. The lowest BCUT2D eigenvalue weighted by Crippen LogP contribution is -2.57. The van der Waals surface area contributed by atoms with Gasteiger partial charge in [0.25, 0.3) is 0 Å². The molecule has 0 radical (unpaired) electrons. The highest BCUT2D eigenvalue weighted by atomic mass is 15.2. The molecular formula is C20H24N2. The molecule has 0 fully saturated rings. The topological polar surface area (TPSA) is 29.3 Å². The van der Waals surface area contributed by atoms with Gasteiger partial charge in [0.2, 0.25) is 0 Å². The highest BCUT2D eigenvalue weighted by molar-refractivity contribution is 5.38. The van der Waals surface area contributed by atoms with Gasteiger partial charge in [-0.2, -0.15) is 0 Å². The van der Waals surface area contributed by atoms with Gasteiger partial charge in [-0.3, -0.25) is 4.90 Å². The van der Waals surface area contributed by atoms with Crippen molar-refractivity contribution in [3.05, 3.63) is 70.8 Å². The van der Waals surface area contributed by atoms with Crippen molar-refractivity contribution in [3.63, 3.8) is 0 Å². The minimum atomic E-state index is -0.263. The van der Waals surface area contributed by atoms with Crippen LogP contribution in [0.15, 0.2) is 48.5 Å². The van der Waals surface area contributed by atoms with E-state index in [0.717, 1.165) is 32.4 Å². The molecule has 2 aromatic rings. The van der Waals surface area contributed by atoms with Crippen molar-refractivity contribution in [1.29, 1.82) is 0 Å². The normalized spacial score (nSPS) is 28.0. The van der Waals surface area contributed by atoms with E-state index in [-0.39, 0.29) is 5.54 Å². The molecule has 2 nitrogen and oxygen atoms in total. The Bertz CT molecular complexity index is 690. The van der Waals surface area contributed by atoms with Gasteiger partial charge in [0, 0.05) is 19.1 Å². The first-order valence-electron chi connectivity index (χ1n) is 8.34. The van der Waals surface area contributed by atoms with Crippen molar-refractivity contribution in [2.75, 3.05) is 6.54 Å². The summed E-state index contributed by atoms with van der Waals surface area (Å²) >= 11 is 0. The summed E-state index contributed by atoms with van der Waals surface area (Å²) in [5, 5.41) is 0. The van der Waals surface area contributed by atoms with Gasteiger partial charge in [0.1, 0.15) is 0 Å². The van der Waals surface area contributed by atoms with Gasteiger partial charge in [-0.05, 0) is 48.4 Å². The first-order chi connectivity index (χ1) is 10.7. The van der Waals surface area contributed by atoms with E-state index in [9.17, 15) is 0 Å². The van der Waals surface area contributed by atoms with E-state index in [0.29, 0.717) is 6.04 Å². The maximum absolute atomic E-state index is 6.84. The van der Waals surface area contributed by atoms with Gasteiger partial charge in [-0.15, -0.1) is 0 Å². The standard InChI is InChI=1S/C20H24N2/c1-20(21)18-9-5-4-7-16(18)10-11-19(20)22-13-12-15-6-2-3-8-17(15)14-22/h2-9,19H,10-14,21H2,1H3. The molecule has 0 saturated heterocycles. The summed E-state index contributed by atoms with van der Waals surface area (Å²) in [5.74, 6) is 0. The van der Waals surface area contributed by atoms with E-state index in [2.05, 4.69) is 60.4 Å². The van der Waals surface area contributed by atoms with Crippen LogP contribution in [-0.2, 0) is 24.9 Å². The van der Waals surface area contributed by atoms with Gasteiger partial charge in [0.05, 0.1) is 5.54 Å². The molecule has 0 bridgehead atoms. The summed E-state index contributed by atoms with van der Waals surface area (Å²) in [4.78, 5) is 2.61. The van der Waals surface area contributed by atoms with Crippen molar-refractivity contribution in [3.8, 4) is 0 Å². The second-order valence-corrected chi connectivity index (χ2v) is 6.98. The molecule has 22 heavy (non-hydrogen) atoms. The lowest BCUT2D eigenvalue weighted by atomic mass is 9.73. The Morgan fingerprint density at radius 2 is 1.64 bits per heavy atom. The quantitative estimate of drug-likeness (QED) is 0.874. The number of nitrogens with zero attached hydrogens (tertiary/aromatic N) is 1. The molecule has 2 aromatic carbocycles. The fourth-order valence-electron chi connectivity index (χ4n) is 4.38. The fourth-order valence-corrected chi connectivity index (χ4v) is 4.38.